The summed E-state index contributed by atoms with van der Waals surface area (Å²) in [4.78, 5) is 37.8. The van der Waals surface area contributed by atoms with Gasteiger partial charge in [0.25, 0.3) is 5.91 Å². The molecule has 2 amide bonds. The van der Waals surface area contributed by atoms with Gasteiger partial charge in [0.2, 0.25) is 5.60 Å². The number of hydrogen-bond donors (Lipinski definition) is 1. The summed E-state index contributed by atoms with van der Waals surface area (Å²) in [6.07, 6.45) is -5.52. The van der Waals surface area contributed by atoms with Crippen molar-refractivity contribution >= 4 is 34.0 Å². The lowest BCUT2D eigenvalue weighted by Crippen LogP contribution is -2.33. The Labute approximate surface area is 217 Å². The Morgan fingerprint density at radius 1 is 1.00 bits per heavy atom. The Morgan fingerprint density at radius 3 is 2.49 bits per heavy atom. The zero-order valence-electron chi connectivity index (χ0n) is 20.5. The second kappa shape index (κ2) is 8.32. The smallest absolute Gasteiger partial charge is 0.416 e. The number of alkyl carbamates (subject to hydrolysis) is 1. The fourth-order valence-corrected chi connectivity index (χ4v) is 4.85. The van der Waals surface area contributed by atoms with E-state index in [4.69, 9.17) is 9.26 Å². The molecule has 1 atom stereocenters. The van der Waals surface area contributed by atoms with Crippen molar-refractivity contribution in [3.8, 4) is 5.82 Å². The Morgan fingerprint density at radius 2 is 1.77 bits per heavy atom. The molecule has 1 aliphatic heterocycles. The van der Waals surface area contributed by atoms with Crippen molar-refractivity contribution in [2.45, 2.75) is 32.2 Å². The first-order valence-electron chi connectivity index (χ1n) is 11.8. The lowest BCUT2D eigenvalue weighted by molar-refractivity contribution is -0.137. The van der Waals surface area contributed by atoms with Crippen LogP contribution in [-0.4, -0.2) is 26.3 Å². The minimum absolute atomic E-state index is 0.0280. The standard InChI is InChI=1S/C27H19F3N4O5/c1-14-5-3-8-18-21(14)39-32-22(18)34-19-10-9-17(27(28,29)30)12-20(19)33(25(34)37)13-15-6-4-7-16(11-15)26(2)23(35)31-24(36)38-26/h3-12H,13H2,1-2H3,(H,31,35,36)/t26-/m1/s1. The second-order valence-corrected chi connectivity index (χ2v) is 9.44. The number of nitrogens with zero attached hydrogens (tertiary/aromatic N) is 3. The summed E-state index contributed by atoms with van der Waals surface area (Å²) in [5.74, 6) is -0.501. The van der Waals surface area contributed by atoms with Gasteiger partial charge in [0.05, 0.1) is 28.5 Å². The van der Waals surface area contributed by atoms with Gasteiger partial charge in [-0.05, 0) is 55.3 Å². The summed E-state index contributed by atoms with van der Waals surface area (Å²) in [5, 5.41) is 6.69. The number of aromatic nitrogens is 3. The van der Waals surface area contributed by atoms with Crippen LogP contribution in [0, 0.1) is 6.92 Å². The average molecular weight is 536 g/mol. The zero-order valence-corrected chi connectivity index (χ0v) is 20.5. The molecule has 3 aromatic carbocycles. The molecule has 0 spiro atoms. The van der Waals surface area contributed by atoms with Crippen LogP contribution in [0.15, 0.2) is 70.0 Å². The molecule has 0 bridgehead atoms. The molecular weight excluding hydrogens is 517 g/mol. The molecule has 2 aromatic heterocycles. The van der Waals surface area contributed by atoms with Crippen LogP contribution in [0.4, 0.5) is 18.0 Å². The Hall–Kier alpha value is -4.87. The molecule has 5 aromatic rings. The third-order valence-electron chi connectivity index (χ3n) is 6.91. The maximum atomic E-state index is 13.8. The predicted octanol–water partition coefficient (Wildman–Crippen LogP) is 4.79. The van der Waals surface area contributed by atoms with Gasteiger partial charge in [-0.3, -0.25) is 14.7 Å². The number of carbonyl (C=O) groups excluding carboxylic acids is 2. The quantitative estimate of drug-likeness (QED) is 0.354. The lowest BCUT2D eigenvalue weighted by atomic mass is 9.94. The van der Waals surface area contributed by atoms with Gasteiger partial charge in [-0.25, -0.2) is 14.2 Å². The van der Waals surface area contributed by atoms with Gasteiger partial charge in [0.1, 0.15) is 0 Å². The highest BCUT2D eigenvalue weighted by atomic mass is 19.4. The molecule has 1 saturated heterocycles. The van der Waals surface area contributed by atoms with Crippen LogP contribution in [0.3, 0.4) is 0 Å². The van der Waals surface area contributed by atoms with Gasteiger partial charge in [0.15, 0.2) is 11.4 Å². The normalized spacial score (nSPS) is 17.7. The number of alkyl halides is 3. The minimum Gasteiger partial charge on any atom is -0.428 e. The molecule has 198 valence electrons. The fourth-order valence-electron chi connectivity index (χ4n) is 4.85. The molecule has 0 aliphatic carbocycles. The van der Waals surface area contributed by atoms with Crippen molar-refractivity contribution in [3.63, 3.8) is 0 Å². The number of nitrogens with one attached hydrogen (secondary N) is 1. The van der Waals surface area contributed by atoms with Gasteiger partial charge in [-0.15, -0.1) is 0 Å². The molecule has 0 unspecified atom stereocenters. The van der Waals surface area contributed by atoms with Gasteiger partial charge in [-0.1, -0.05) is 35.5 Å². The Kier molecular flexibility index (Phi) is 5.22. The topological polar surface area (TPSA) is 108 Å². The maximum Gasteiger partial charge on any atom is 0.416 e. The average Bonchev–Trinajstić information content (AvgIpc) is 3.51. The minimum atomic E-state index is -4.64. The largest absolute Gasteiger partial charge is 0.428 e. The van der Waals surface area contributed by atoms with Crippen LogP contribution >= 0.6 is 0 Å². The van der Waals surface area contributed by atoms with Crippen molar-refractivity contribution < 1.29 is 32.0 Å². The van der Waals surface area contributed by atoms with Gasteiger partial charge >= 0.3 is 18.0 Å². The monoisotopic (exact) mass is 536 g/mol. The summed E-state index contributed by atoms with van der Waals surface area (Å²) in [6.45, 7) is 3.10. The highest BCUT2D eigenvalue weighted by Crippen LogP contribution is 2.34. The van der Waals surface area contributed by atoms with Gasteiger partial charge < -0.3 is 9.26 Å². The first-order chi connectivity index (χ1) is 18.5. The van der Waals surface area contributed by atoms with Crippen LogP contribution in [0.25, 0.3) is 27.8 Å². The van der Waals surface area contributed by atoms with Gasteiger partial charge in [-0.2, -0.15) is 13.2 Å². The van der Waals surface area contributed by atoms with E-state index in [9.17, 15) is 27.6 Å². The van der Waals surface area contributed by atoms with Crippen molar-refractivity contribution in [1.29, 1.82) is 0 Å². The zero-order chi connectivity index (χ0) is 27.7. The number of benzene rings is 3. The van der Waals surface area contributed by atoms with Crippen LogP contribution in [0.1, 0.15) is 29.2 Å². The molecule has 0 radical (unpaired) electrons. The molecular formula is C27H19F3N4O5. The third kappa shape index (κ3) is 3.78. The number of para-hydroxylation sites is 1. The van der Waals surface area contributed by atoms with E-state index in [-0.39, 0.29) is 23.4 Å². The van der Waals surface area contributed by atoms with E-state index >= 15 is 0 Å². The number of amides is 2. The van der Waals surface area contributed by atoms with Crippen LogP contribution in [-0.2, 0) is 27.9 Å². The van der Waals surface area contributed by atoms with Gasteiger partial charge in [0, 0.05) is 5.56 Å². The van der Waals surface area contributed by atoms with Crippen molar-refractivity contribution in [3.05, 3.63) is 93.4 Å². The number of fused-ring (bicyclic) bond motifs is 2. The second-order valence-electron chi connectivity index (χ2n) is 9.44. The first kappa shape index (κ1) is 24.5. The number of imidazole rings is 1. The van der Waals surface area contributed by atoms with Crippen LogP contribution in [0.2, 0.25) is 0 Å². The molecule has 9 nitrogen and oxygen atoms in total. The number of cyclic esters (lactones) is 1. The molecule has 1 aliphatic rings. The summed E-state index contributed by atoms with van der Waals surface area (Å²) in [5.41, 5.74) is -0.843. The summed E-state index contributed by atoms with van der Waals surface area (Å²) >= 11 is 0. The highest BCUT2D eigenvalue weighted by molar-refractivity contribution is 6.03. The number of aryl methyl sites for hydroxylation is 1. The predicted molar refractivity (Wildman–Crippen MR) is 132 cm³/mol. The van der Waals surface area contributed by atoms with Crippen LogP contribution < -0.4 is 11.0 Å². The highest BCUT2D eigenvalue weighted by Gasteiger charge is 2.46. The molecule has 6 rings (SSSR count). The van der Waals surface area contributed by atoms with E-state index in [1.807, 2.05) is 13.0 Å². The number of rotatable bonds is 4. The lowest BCUT2D eigenvalue weighted by Gasteiger charge is -2.20. The number of hydrogen-bond acceptors (Lipinski definition) is 6. The summed E-state index contributed by atoms with van der Waals surface area (Å²) in [7, 11) is 0. The fraction of sp³-hybridized carbons (Fsp3) is 0.185. The Balaban J connectivity index is 1.54. The van der Waals surface area contributed by atoms with Crippen molar-refractivity contribution in [2.24, 2.45) is 0 Å². The molecule has 3 heterocycles. The Bertz CT molecular complexity index is 1880. The van der Waals surface area contributed by atoms with E-state index in [0.717, 1.165) is 17.7 Å². The van der Waals surface area contributed by atoms with E-state index in [1.54, 1.807) is 36.4 Å². The van der Waals surface area contributed by atoms with E-state index < -0.39 is 35.0 Å². The molecule has 12 heteroatoms. The number of ether oxygens (including phenoxy) is 1. The van der Waals surface area contributed by atoms with E-state index in [2.05, 4.69) is 10.5 Å². The molecule has 39 heavy (non-hydrogen) atoms. The first-order valence-corrected chi connectivity index (χ1v) is 11.8. The summed E-state index contributed by atoms with van der Waals surface area (Å²) in [6, 6.07) is 14.8. The van der Waals surface area contributed by atoms with E-state index in [0.29, 0.717) is 22.1 Å². The number of halogens is 3. The van der Waals surface area contributed by atoms with Crippen molar-refractivity contribution in [1.82, 2.24) is 19.6 Å². The maximum absolute atomic E-state index is 13.8. The molecule has 1 N–H and O–H groups in total. The number of carbonyl (C=O) groups is 2. The SMILES string of the molecule is Cc1cccc2c(-n3c(=O)n(Cc4cccc([C@@]5(C)OC(=O)NC5=O)c4)c4cc(C(F)(F)F)ccc43)noc12. The molecule has 0 saturated carbocycles. The van der Waals surface area contributed by atoms with E-state index in [1.165, 1.54) is 22.1 Å². The molecule has 1 fully saturated rings. The third-order valence-corrected chi connectivity index (χ3v) is 6.91. The van der Waals surface area contributed by atoms with Crippen molar-refractivity contribution in [2.75, 3.05) is 0 Å². The number of imide groups is 1. The van der Waals surface area contributed by atoms with Crippen LogP contribution in [0.5, 0.6) is 0 Å². The summed E-state index contributed by atoms with van der Waals surface area (Å²) < 4.78 is 54.0.